The molecule has 1 saturated heterocycles. The summed E-state index contributed by atoms with van der Waals surface area (Å²) in [6, 6.07) is 8.07. The molecule has 1 aromatic carbocycles. The second-order valence-corrected chi connectivity index (χ2v) is 6.82. The number of rotatable bonds is 8. The van der Waals surface area contributed by atoms with E-state index in [0.29, 0.717) is 0 Å². The molecule has 1 aliphatic heterocycles. The Morgan fingerprint density at radius 2 is 2.00 bits per heavy atom. The Hall–Kier alpha value is -1.92. The third-order valence-corrected chi connectivity index (χ3v) is 4.74. The summed E-state index contributed by atoms with van der Waals surface area (Å²) in [4.78, 5) is 7.00. The van der Waals surface area contributed by atoms with Crippen molar-refractivity contribution >= 4 is 0 Å². The minimum atomic E-state index is 0.270. The molecule has 1 aromatic heterocycles. The number of nitrogens with two attached hydrogens (primary N) is 1. The van der Waals surface area contributed by atoms with Gasteiger partial charge in [0.25, 0.3) is 0 Å². The van der Waals surface area contributed by atoms with E-state index in [-0.39, 0.29) is 6.10 Å². The van der Waals surface area contributed by atoms with Crippen LogP contribution in [0.25, 0.3) is 11.4 Å². The molecule has 6 heteroatoms. The number of hydrogen-bond donors (Lipinski definition) is 2. The van der Waals surface area contributed by atoms with Crippen LogP contribution in [0.2, 0.25) is 0 Å². The lowest BCUT2D eigenvalue weighted by Crippen LogP contribution is -2.35. The number of nitrogens with one attached hydrogen (secondary N) is 1. The van der Waals surface area contributed by atoms with Crippen LogP contribution in [-0.2, 0) is 6.42 Å². The maximum Gasteiger partial charge on any atom is 0.184 e. The van der Waals surface area contributed by atoms with Crippen LogP contribution < -0.4 is 10.5 Å². The van der Waals surface area contributed by atoms with Crippen molar-refractivity contribution in [1.29, 1.82) is 0 Å². The predicted molar refractivity (Wildman–Crippen MR) is 99.6 cm³/mol. The summed E-state index contributed by atoms with van der Waals surface area (Å²) in [6.07, 6.45) is 6.57. The van der Waals surface area contributed by atoms with Gasteiger partial charge in [-0.1, -0.05) is 18.6 Å². The van der Waals surface area contributed by atoms with Gasteiger partial charge in [-0.15, -0.1) is 0 Å². The monoisotopic (exact) mass is 343 g/mol. The second kappa shape index (κ2) is 8.97. The third-order valence-electron chi connectivity index (χ3n) is 4.74. The Bertz CT molecular complexity index is 649. The van der Waals surface area contributed by atoms with Gasteiger partial charge in [-0.25, -0.2) is 4.98 Å². The van der Waals surface area contributed by atoms with Gasteiger partial charge in [0, 0.05) is 19.5 Å². The van der Waals surface area contributed by atoms with Crippen LogP contribution in [0.1, 0.15) is 37.9 Å². The first-order valence-electron chi connectivity index (χ1n) is 9.32. The summed E-state index contributed by atoms with van der Waals surface area (Å²) in [5.41, 5.74) is 6.50. The Balaban J connectivity index is 1.65. The van der Waals surface area contributed by atoms with Crippen molar-refractivity contribution in [1.82, 2.24) is 20.1 Å². The lowest BCUT2D eigenvalue weighted by Gasteiger charge is -2.29. The fraction of sp³-hybridized carbons (Fsp3) is 0.579. The van der Waals surface area contributed by atoms with E-state index < -0.39 is 0 Å². The first-order chi connectivity index (χ1) is 12.3. The third kappa shape index (κ3) is 5.03. The molecule has 1 fully saturated rings. The van der Waals surface area contributed by atoms with E-state index in [2.05, 4.69) is 27.1 Å². The Morgan fingerprint density at radius 3 is 2.80 bits per heavy atom. The van der Waals surface area contributed by atoms with Gasteiger partial charge in [0.15, 0.2) is 5.82 Å². The van der Waals surface area contributed by atoms with E-state index >= 15 is 0 Å². The highest BCUT2D eigenvalue weighted by Gasteiger charge is 2.20. The fourth-order valence-corrected chi connectivity index (χ4v) is 3.18. The van der Waals surface area contributed by atoms with E-state index in [4.69, 9.17) is 10.5 Å². The van der Waals surface area contributed by atoms with E-state index in [9.17, 15) is 0 Å². The number of aromatic nitrogens is 3. The zero-order chi connectivity index (χ0) is 17.5. The largest absolute Gasteiger partial charge is 0.490 e. The number of nitrogens with zero attached hydrogens (tertiary/aromatic N) is 3. The number of para-hydroxylation sites is 1. The van der Waals surface area contributed by atoms with Crippen LogP contribution >= 0.6 is 0 Å². The quantitative estimate of drug-likeness (QED) is 0.720. The molecule has 25 heavy (non-hydrogen) atoms. The van der Waals surface area contributed by atoms with Crippen molar-refractivity contribution in [2.24, 2.45) is 5.73 Å². The molecule has 2 heterocycles. The summed E-state index contributed by atoms with van der Waals surface area (Å²) in [7, 11) is 2.16. The average Bonchev–Trinajstić information content (AvgIpc) is 3.10. The summed E-state index contributed by atoms with van der Waals surface area (Å²) < 4.78 is 6.28. The van der Waals surface area contributed by atoms with E-state index in [1.807, 2.05) is 24.3 Å². The van der Waals surface area contributed by atoms with Crippen LogP contribution in [0, 0.1) is 0 Å². The number of unbranched alkanes of at least 4 members (excludes halogenated alkanes) is 2. The van der Waals surface area contributed by atoms with Crippen LogP contribution in [-0.4, -0.2) is 52.9 Å². The predicted octanol–water partition coefficient (Wildman–Crippen LogP) is 2.62. The van der Waals surface area contributed by atoms with Crippen molar-refractivity contribution in [3.8, 4) is 17.1 Å². The van der Waals surface area contributed by atoms with Crippen LogP contribution in [0.15, 0.2) is 24.3 Å². The summed E-state index contributed by atoms with van der Waals surface area (Å²) >= 11 is 0. The summed E-state index contributed by atoms with van der Waals surface area (Å²) in [5, 5.41) is 7.47. The fourth-order valence-electron chi connectivity index (χ4n) is 3.18. The zero-order valence-corrected chi connectivity index (χ0v) is 15.1. The molecule has 0 aliphatic carbocycles. The molecule has 3 N–H and O–H groups in total. The van der Waals surface area contributed by atoms with Gasteiger partial charge in [-0.3, -0.25) is 5.10 Å². The average molecular weight is 343 g/mol. The number of benzene rings is 1. The van der Waals surface area contributed by atoms with Gasteiger partial charge in [0.2, 0.25) is 0 Å². The molecule has 0 saturated carbocycles. The standard InChI is InChI=1S/C19H29N5O/c1-24-13-10-15(11-14-24)25-17-8-5-4-7-16(17)19-21-18(22-23-19)9-3-2-6-12-20/h4-5,7-8,15H,2-3,6,9-14,20H2,1H3,(H,21,22,23). The van der Waals surface area contributed by atoms with Crippen LogP contribution in [0.4, 0.5) is 0 Å². The van der Waals surface area contributed by atoms with Crippen molar-refractivity contribution in [2.75, 3.05) is 26.7 Å². The van der Waals surface area contributed by atoms with Crippen molar-refractivity contribution in [3.05, 3.63) is 30.1 Å². The lowest BCUT2D eigenvalue weighted by atomic mass is 10.1. The lowest BCUT2D eigenvalue weighted by molar-refractivity contribution is 0.115. The molecule has 0 amide bonds. The molecule has 0 bridgehead atoms. The Morgan fingerprint density at radius 1 is 1.20 bits per heavy atom. The van der Waals surface area contributed by atoms with E-state index in [1.54, 1.807) is 0 Å². The molecule has 0 atom stereocenters. The van der Waals surface area contributed by atoms with Gasteiger partial charge in [0.1, 0.15) is 17.7 Å². The molecule has 6 nitrogen and oxygen atoms in total. The van der Waals surface area contributed by atoms with Crippen molar-refractivity contribution in [3.63, 3.8) is 0 Å². The summed E-state index contributed by atoms with van der Waals surface area (Å²) in [5.74, 6) is 2.53. The number of hydrogen-bond acceptors (Lipinski definition) is 5. The Labute approximate surface area is 149 Å². The zero-order valence-electron chi connectivity index (χ0n) is 15.1. The first-order valence-corrected chi connectivity index (χ1v) is 9.32. The van der Waals surface area contributed by atoms with Crippen molar-refractivity contribution in [2.45, 2.75) is 44.6 Å². The van der Waals surface area contributed by atoms with Gasteiger partial charge >= 0.3 is 0 Å². The highest BCUT2D eigenvalue weighted by atomic mass is 16.5. The van der Waals surface area contributed by atoms with E-state index in [1.165, 1.54) is 0 Å². The topological polar surface area (TPSA) is 80.1 Å². The SMILES string of the molecule is CN1CCC(Oc2ccccc2-c2n[nH]c(CCCCCN)n2)CC1. The Kier molecular flexibility index (Phi) is 6.42. The highest BCUT2D eigenvalue weighted by molar-refractivity contribution is 5.63. The number of aromatic amines is 1. The van der Waals surface area contributed by atoms with Crippen molar-refractivity contribution < 1.29 is 4.74 Å². The first kappa shape index (κ1) is 17.9. The van der Waals surface area contributed by atoms with Gasteiger partial charge in [0.05, 0.1) is 5.56 Å². The van der Waals surface area contributed by atoms with Gasteiger partial charge < -0.3 is 15.4 Å². The summed E-state index contributed by atoms with van der Waals surface area (Å²) in [6.45, 7) is 2.92. The molecular weight excluding hydrogens is 314 g/mol. The molecule has 0 spiro atoms. The number of aryl methyl sites for hydroxylation is 1. The minimum Gasteiger partial charge on any atom is -0.490 e. The molecule has 2 aromatic rings. The highest BCUT2D eigenvalue weighted by Crippen LogP contribution is 2.29. The van der Waals surface area contributed by atoms with Gasteiger partial charge in [-0.2, -0.15) is 5.10 Å². The molecule has 0 radical (unpaired) electrons. The van der Waals surface area contributed by atoms with E-state index in [0.717, 1.165) is 81.1 Å². The molecule has 136 valence electrons. The maximum absolute atomic E-state index is 6.28. The number of likely N-dealkylation sites (tertiary alicyclic amines) is 1. The van der Waals surface area contributed by atoms with Gasteiger partial charge in [-0.05, 0) is 51.4 Å². The second-order valence-electron chi connectivity index (χ2n) is 6.82. The molecular formula is C19H29N5O. The number of H-pyrrole nitrogens is 1. The molecule has 0 unspecified atom stereocenters. The number of piperidine rings is 1. The minimum absolute atomic E-state index is 0.270. The van der Waals surface area contributed by atoms with Crippen LogP contribution in [0.5, 0.6) is 5.75 Å². The maximum atomic E-state index is 6.28. The smallest absolute Gasteiger partial charge is 0.184 e. The normalized spacial score (nSPS) is 16.2. The molecule has 3 rings (SSSR count). The number of ether oxygens (including phenoxy) is 1. The molecule has 1 aliphatic rings. The van der Waals surface area contributed by atoms with Crippen LogP contribution in [0.3, 0.4) is 0 Å².